The third kappa shape index (κ3) is 4.62. The molecular formula is C12H11F6NO2. The van der Waals surface area contributed by atoms with Crippen LogP contribution in [-0.2, 0) is 4.79 Å². The molecule has 0 radical (unpaired) electrons. The van der Waals surface area contributed by atoms with Crippen LogP contribution < -0.4 is 5.32 Å². The Hall–Kier alpha value is -1.77. The van der Waals surface area contributed by atoms with Gasteiger partial charge in [-0.3, -0.25) is 4.79 Å². The highest BCUT2D eigenvalue weighted by atomic mass is 19.4. The first-order valence-electron chi connectivity index (χ1n) is 5.65. The van der Waals surface area contributed by atoms with E-state index in [9.17, 15) is 36.2 Å². The van der Waals surface area contributed by atoms with Crippen molar-refractivity contribution >= 4 is 11.6 Å². The van der Waals surface area contributed by atoms with Crippen molar-refractivity contribution in [2.24, 2.45) is 5.92 Å². The van der Waals surface area contributed by atoms with E-state index in [0.717, 1.165) is 12.1 Å². The number of hydrogen-bond acceptors (Lipinski definition) is 2. The lowest BCUT2D eigenvalue weighted by Gasteiger charge is -2.22. The molecule has 1 rings (SSSR count). The molecule has 0 saturated carbocycles. The molecule has 0 aliphatic rings. The largest absolute Gasteiger partial charge is 0.409 e. The SMILES string of the molecule is CC(O)c1cccc(NC(=O)C(C(F)(F)F)C(F)(F)F)c1. The quantitative estimate of drug-likeness (QED) is 0.840. The molecule has 2 N–H and O–H groups in total. The molecule has 1 atom stereocenters. The number of carbonyl (C=O) groups is 1. The fourth-order valence-corrected chi connectivity index (χ4v) is 1.57. The zero-order valence-corrected chi connectivity index (χ0v) is 10.6. The average Bonchev–Trinajstić information content (AvgIpc) is 2.24. The number of hydrogen-bond donors (Lipinski definition) is 2. The topological polar surface area (TPSA) is 49.3 Å². The molecule has 1 aromatic rings. The molecule has 0 aromatic heterocycles. The smallest absolute Gasteiger partial charge is 0.389 e. The van der Waals surface area contributed by atoms with Crippen molar-refractivity contribution in [3.8, 4) is 0 Å². The highest BCUT2D eigenvalue weighted by Crippen LogP contribution is 2.39. The zero-order valence-electron chi connectivity index (χ0n) is 10.6. The number of benzene rings is 1. The zero-order chi connectivity index (χ0) is 16.4. The Morgan fingerprint density at radius 2 is 1.67 bits per heavy atom. The Balaban J connectivity index is 3.00. The van der Waals surface area contributed by atoms with Crippen LogP contribution in [0.5, 0.6) is 0 Å². The molecule has 0 saturated heterocycles. The molecule has 0 fully saturated rings. The van der Waals surface area contributed by atoms with Crippen LogP contribution in [0.3, 0.4) is 0 Å². The predicted octanol–water partition coefficient (Wildman–Crippen LogP) is 3.42. The first kappa shape index (κ1) is 17.3. The minimum Gasteiger partial charge on any atom is -0.389 e. The number of carbonyl (C=O) groups excluding carboxylic acids is 1. The van der Waals surface area contributed by atoms with Crippen molar-refractivity contribution in [1.82, 2.24) is 0 Å². The summed E-state index contributed by atoms with van der Waals surface area (Å²) in [4.78, 5) is 11.3. The molecule has 1 aromatic carbocycles. The highest BCUT2D eigenvalue weighted by molar-refractivity contribution is 5.93. The number of amides is 1. The van der Waals surface area contributed by atoms with Gasteiger partial charge in [0.05, 0.1) is 6.10 Å². The minimum atomic E-state index is -5.75. The van der Waals surface area contributed by atoms with E-state index in [1.54, 1.807) is 5.32 Å². The van der Waals surface area contributed by atoms with Gasteiger partial charge in [-0.2, -0.15) is 26.3 Å². The van der Waals surface area contributed by atoms with Crippen LogP contribution in [0.2, 0.25) is 0 Å². The molecular weight excluding hydrogens is 304 g/mol. The summed E-state index contributed by atoms with van der Waals surface area (Å²) in [5.74, 6) is -6.34. The second-order valence-electron chi connectivity index (χ2n) is 4.31. The highest BCUT2D eigenvalue weighted by Gasteiger charge is 2.61. The lowest BCUT2D eigenvalue weighted by atomic mass is 10.1. The van der Waals surface area contributed by atoms with Crippen LogP contribution in [0.15, 0.2) is 24.3 Å². The number of halogens is 6. The van der Waals surface area contributed by atoms with Crippen LogP contribution in [-0.4, -0.2) is 23.4 Å². The summed E-state index contributed by atoms with van der Waals surface area (Å²) < 4.78 is 74.1. The molecule has 9 heteroatoms. The van der Waals surface area contributed by atoms with E-state index >= 15 is 0 Å². The van der Waals surface area contributed by atoms with Gasteiger partial charge in [0, 0.05) is 5.69 Å². The third-order valence-electron chi connectivity index (χ3n) is 2.55. The maximum atomic E-state index is 12.4. The molecule has 0 aliphatic carbocycles. The molecule has 0 spiro atoms. The van der Waals surface area contributed by atoms with Crippen LogP contribution in [0.25, 0.3) is 0 Å². The number of nitrogens with one attached hydrogen (secondary N) is 1. The summed E-state index contributed by atoms with van der Waals surface area (Å²) in [6.07, 6.45) is -12.5. The maximum absolute atomic E-state index is 12.4. The molecule has 0 heterocycles. The lowest BCUT2D eigenvalue weighted by Crippen LogP contribution is -2.45. The molecule has 0 bridgehead atoms. The predicted molar refractivity (Wildman–Crippen MR) is 61.3 cm³/mol. The summed E-state index contributed by atoms with van der Waals surface area (Å²) in [6.45, 7) is 1.36. The number of aliphatic hydroxyl groups is 1. The van der Waals surface area contributed by atoms with Gasteiger partial charge in [-0.05, 0) is 24.6 Å². The molecule has 0 aliphatic heterocycles. The van der Waals surface area contributed by atoms with Crippen LogP contribution in [0, 0.1) is 5.92 Å². The first-order valence-corrected chi connectivity index (χ1v) is 5.65. The Morgan fingerprint density at radius 1 is 1.14 bits per heavy atom. The second-order valence-corrected chi connectivity index (χ2v) is 4.31. The molecule has 3 nitrogen and oxygen atoms in total. The number of aliphatic hydroxyl groups excluding tert-OH is 1. The van der Waals surface area contributed by atoms with E-state index in [4.69, 9.17) is 0 Å². The fourth-order valence-electron chi connectivity index (χ4n) is 1.57. The summed E-state index contributed by atoms with van der Waals surface area (Å²) in [7, 11) is 0. The monoisotopic (exact) mass is 315 g/mol. The van der Waals surface area contributed by atoms with Gasteiger partial charge in [0.1, 0.15) is 0 Å². The average molecular weight is 315 g/mol. The number of anilines is 1. The fraction of sp³-hybridized carbons (Fsp3) is 0.417. The standard InChI is InChI=1S/C12H11F6NO2/c1-6(20)7-3-2-4-8(5-7)19-10(21)9(11(13,14)15)12(16,17)18/h2-6,9,20H,1H3,(H,19,21). The van der Waals surface area contributed by atoms with Gasteiger partial charge in [-0.25, -0.2) is 0 Å². The summed E-state index contributed by atoms with van der Waals surface area (Å²) in [5, 5.41) is 10.8. The molecule has 1 unspecified atom stereocenters. The summed E-state index contributed by atoms with van der Waals surface area (Å²) >= 11 is 0. The number of alkyl halides is 6. The van der Waals surface area contributed by atoms with Gasteiger partial charge in [0.25, 0.3) is 0 Å². The minimum absolute atomic E-state index is 0.239. The van der Waals surface area contributed by atoms with Crippen molar-refractivity contribution in [1.29, 1.82) is 0 Å². The van der Waals surface area contributed by atoms with Gasteiger partial charge < -0.3 is 10.4 Å². The van der Waals surface area contributed by atoms with Gasteiger partial charge in [0.15, 0.2) is 0 Å². The van der Waals surface area contributed by atoms with Crippen molar-refractivity contribution in [3.63, 3.8) is 0 Å². The Bertz CT molecular complexity index is 495. The molecule has 118 valence electrons. The van der Waals surface area contributed by atoms with E-state index in [1.165, 1.54) is 19.1 Å². The molecule has 21 heavy (non-hydrogen) atoms. The van der Waals surface area contributed by atoms with Crippen LogP contribution >= 0.6 is 0 Å². The Kier molecular flexibility index (Phi) is 4.87. The summed E-state index contributed by atoms with van der Waals surface area (Å²) in [5.41, 5.74) is -0.0275. The Morgan fingerprint density at radius 3 is 2.10 bits per heavy atom. The molecule has 1 amide bonds. The van der Waals surface area contributed by atoms with Gasteiger partial charge >= 0.3 is 12.4 Å². The Labute approximate surface area is 115 Å². The van der Waals surface area contributed by atoms with E-state index < -0.39 is 30.3 Å². The number of rotatable bonds is 3. The van der Waals surface area contributed by atoms with Crippen molar-refractivity contribution in [2.45, 2.75) is 25.4 Å². The van der Waals surface area contributed by atoms with E-state index in [1.807, 2.05) is 0 Å². The van der Waals surface area contributed by atoms with Crippen molar-refractivity contribution < 1.29 is 36.2 Å². The summed E-state index contributed by atoms with van der Waals surface area (Å²) in [6, 6.07) is 4.90. The van der Waals surface area contributed by atoms with Crippen molar-refractivity contribution in [2.75, 3.05) is 5.32 Å². The van der Waals surface area contributed by atoms with Gasteiger partial charge in [-0.1, -0.05) is 12.1 Å². The maximum Gasteiger partial charge on any atom is 0.409 e. The van der Waals surface area contributed by atoms with E-state index in [2.05, 4.69) is 0 Å². The van der Waals surface area contributed by atoms with E-state index in [0.29, 0.717) is 0 Å². The third-order valence-corrected chi connectivity index (χ3v) is 2.55. The normalized spacial score (nSPS) is 14.1. The van der Waals surface area contributed by atoms with Crippen molar-refractivity contribution in [3.05, 3.63) is 29.8 Å². The van der Waals surface area contributed by atoms with E-state index in [-0.39, 0.29) is 11.3 Å². The lowest BCUT2D eigenvalue weighted by molar-refractivity contribution is -0.272. The van der Waals surface area contributed by atoms with Gasteiger partial charge in [-0.15, -0.1) is 0 Å². The first-order chi connectivity index (χ1) is 9.43. The second kappa shape index (κ2) is 5.92. The van der Waals surface area contributed by atoms with Crippen LogP contribution in [0.1, 0.15) is 18.6 Å². The van der Waals surface area contributed by atoms with Crippen LogP contribution in [0.4, 0.5) is 32.0 Å². The van der Waals surface area contributed by atoms with Gasteiger partial charge in [0.2, 0.25) is 11.8 Å².